The van der Waals surface area contributed by atoms with Crippen molar-refractivity contribution in [2.24, 2.45) is 5.92 Å². The molecule has 0 radical (unpaired) electrons. The van der Waals surface area contributed by atoms with E-state index < -0.39 is 0 Å². The number of hydrogen-bond acceptors (Lipinski definition) is 5. The quantitative estimate of drug-likeness (QED) is 0.689. The van der Waals surface area contributed by atoms with Crippen molar-refractivity contribution >= 4 is 34.5 Å². The van der Waals surface area contributed by atoms with Gasteiger partial charge in [-0.25, -0.2) is 4.98 Å². The van der Waals surface area contributed by atoms with E-state index in [2.05, 4.69) is 10.3 Å². The lowest BCUT2D eigenvalue weighted by atomic mass is 9.97. The van der Waals surface area contributed by atoms with Gasteiger partial charge in [0.2, 0.25) is 5.91 Å². The first-order valence-corrected chi connectivity index (χ1v) is 11.1. The summed E-state index contributed by atoms with van der Waals surface area (Å²) < 4.78 is 0. The van der Waals surface area contributed by atoms with E-state index in [1.807, 2.05) is 53.2 Å². The lowest BCUT2D eigenvalue weighted by Gasteiger charge is -2.31. The van der Waals surface area contributed by atoms with Crippen molar-refractivity contribution in [3.8, 4) is 10.6 Å². The molecule has 1 aliphatic rings. The Bertz CT molecular complexity index is 938. The second-order valence-corrected chi connectivity index (χ2v) is 8.60. The molecular formula is C21H21N3O2S2. The van der Waals surface area contributed by atoms with Crippen molar-refractivity contribution in [3.63, 3.8) is 0 Å². The van der Waals surface area contributed by atoms with E-state index in [9.17, 15) is 9.59 Å². The number of piperidine rings is 1. The van der Waals surface area contributed by atoms with Crippen LogP contribution < -0.4 is 5.32 Å². The van der Waals surface area contributed by atoms with Crippen LogP contribution in [0.15, 0.2) is 53.2 Å². The molecule has 3 aromatic rings. The molecule has 1 N–H and O–H groups in total. The lowest BCUT2D eigenvalue weighted by Crippen LogP contribution is -2.45. The number of hydrogen-bond donors (Lipinski definition) is 1. The van der Waals surface area contributed by atoms with Gasteiger partial charge < -0.3 is 10.2 Å². The Labute approximate surface area is 172 Å². The largest absolute Gasteiger partial charge is 0.350 e. The summed E-state index contributed by atoms with van der Waals surface area (Å²) in [6, 6.07) is 13.7. The van der Waals surface area contributed by atoms with Gasteiger partial charge in [-0.2, -0.15) is 0 Å². The summed E-state index contributed by atoms with van der Waals surface area (Å²) in [6.07, 6.45) is 1.66. The summed E-state index contributed by atoms with van der Waals surface area (Å²) in [7, 11) is 0. The van der Waals surface area contributed by atoms with Crippen LogP contribution in [0.1, 0.15) is 28.2 Å². The van der Waals surface area contributed by atoms with Crippen LogP contribution in [0.4, 0.5) is 0 Å². The number of nitrogens with one attached hydrogen (secondary N) is 1. The zero-order valence-corrected chi connectivity index (χ0v) is 17.0. The first kappa shape index (κ1) is 18.8. The van der Waals surface area contributed by atoms with E-state index in [0.29, 0.717) is 19.6 Å². The van der Waals surface area contributed by atoms with E-state index >= 15 is 0 Å². The van der Waals surface area contributed by atoms with Crippen molar-refractivity contribution in [2.45, 2.75) is 19.4 Å². The number of rotatable bonds is 5. The highest BCUT2D eigenvalue weighted by Crippen LogP contribution is 2.24. The minimum absolute atomic E-state index is 0.00191. The molecule has 7 heteroatoms. The van der Waals surface area contributed by atoms with Crippen LogP contribution >= 0.6 is 22.7 Å². The zero-order valence-electron chi connectivity index (χ0n) is 15.3. The maximum Gasteiger partial charge on any atom is 0.263 e. The van der Waals surface area contributed by atoms with Crippen LogP contribution in [0.5, 0.6) is 0 Å². The van der Waals surface area contributed by atoms with Crippen molar-refractivity contribution in [1.29, 1.82) is 0 Å². The molecule has 2 aromatic heterocycles. The summed E-state index contributed by atoms with van der Waals surface area (Å²) in [5.41, 5.74) is 1.94. The van der Waals surface area contributed by atoms with Crippen LogP contribution in [0.2, 0.25) is 0 Å². The molecule has 2 amide bonds. The van der Waals surface area contributed by atoms with Gasteiger partial charge in [0.05, 0.1) is 23.0 Å². The summed E-state index contributed by atoms with van der Waals surface area (Å²) >= 11 is 3.02. The van der Waals surface area contributed by atoms with E-state index in [1.165, 1.54) is 11.3 Å². The van der Waals surface area contributed by atoms with Crippen LogP contribution in [-0.2, 0) is 11.3 Å². The Kier molecular flexibility index (Phi) is 5.83. The molecule has 4 rings (SSSR count). The van der Waals surface area contributed by atoms with Gasteiger partial charge in [0, 0.05) is 24.0 Å². The average molecular weight is 412 g/mol. The number of nitrogens with zero attached hydrogens (tertiary/aromatic N) is 2. The number of thiophene rings is 1. The summed E-state index contributed by atoms with van der Waals surface area (Å²) in [4.78, 5) is 32.3. The average Bonchev–Trinajstić information content (AvgIpc) is 3.44. The van der Waals surface area contributed by atoms with Gasteiger partial charge in [-0.15, -0.1) is 22.7 Å². The molecule has 28 heavy (non-hydrogen) atoms. The topological polar surface area (TPSA) is 62.3 Å². The van der Waals surface area contributed by atoms with Crippen molar-refractivity contribution in [1.82, 2.24) is 15.2 Å². The highest BCUT2D eigenvalue weighted by molar-refractivity contribution is 7.13. The first-order valence-electron chi connectivity index (χ1n) is 9.31. The highest BCUT2D eigenvalue weighted by Gasteiger charge is 2.29. The summed E-state index contributed by atoms with van der Waals surface area (Å²) in [6.45, 7) is 1.61. The Morgan fingerprint density at radius 1 is 1.14 bits per heavy atom. The van der Waals surface area contributed by atoms with Gasteiger partial charge in [0.15, 0.2) is 0 Å². The minimum atomic E-state index is -0.162. The molecule has 1 aromatic carbocycles. The number of thiazole rings is 1. The van der Waals surface area contributed by atoms with Gasteiger partial charge in [-0.05, 0) is 24.3 Å². The molecule has 0 bridgehead atoms. The lowest BCUT2D eigenvalue weighted by molar-refractivity contribution is -0.126. The van der Waals surface area contributed by atoms with Gasteiger partial charge in [0.25, 0.3) is 5.91 Å². The third-order valence-electron chi connectivity index (χ3n) is 4.83. The minimum Gasteiger partial charge on any atom is -0.350 e. The predicted octanol–water partition coefficient (Wildman–Crippen LogP) is 4.04. The normalized spacial score (nSPS) is 16.7. The van der Waals surface area contributed by atoms with E-state index in [4.69, 9.17) is 0 Å². The van der Waals surface area contributed by atoms with Crippen LogP contribution in [0.25, 0.3) is 10.6 Å². The Hall–Kier alpha value is -2.51. The molecule has 1 aliphatic heterocycles. The van der Waals surface area contributed by atoms with E-state index in [0.717, 1.165) is 34.0 Å². The molecule has 0 aliphatic carbocycles. The smallest absolute Gasteiger partial charge is 0.263 e. The fraction of sp³-hybridized carbons (Fsp3) is 0.286. The molecule has 144 valence electrons. The third kappa shape index (κ3) is 4.31. The van der Waals surface area contributed by atoms with Gasteiger partial charge in [0.1, 0.15) is 5.01 Å². The third-order valence-corrected chi connectivity index (χ3v) is 6.63. The number of likely N-dealkylation sites (tertiary alicyclic amines) is 1. The fourth-order valence-corrected chi connectivity index (χ4v) is 4.87. The monoisotopic (exact) mass is 411 g/mol. The van der Waals surface area contributed by atoms with Crippen LogP contribution in [-0.4, -0.2) is 34.8 Å². The molecule has 1 atom stereocenters. The molecule has 0 spiro atoms. The predicted molar refractivity (Wildman–Crippen MR) is 112 cm³/mol. The molecule has 0 saturated carbocycles. The molecule has 1 fully saturated rings. The molecule has 0 unspecified atom stereocenters. The molecule has 5 nitrogen and oxygen atoms in total. The number of carbonyl (C=O) groups excluding carboxylic acids is 2. The Morgan fingerprint density at radius 3 is 2.79 bits per heavy atom. The Morgan fingerprint density at radius 2 is 2.00 bits per heavy atom. The Balaban J connectivity index is 1.32. The van der Waals surface area contributed by atoms with Gasteiger partial charge in [-0.1, -0.05) is 36.4 Å². The summed E-state index contributed by atoms with van der Waals surface area (Å²) in [5.74, 6) is -0.137. The number of carbonyl (C=O) groups is 2. The molecule has 3 heterocycles. The number of amides is 2. The molecule has 1 saturated heterocycles. The maximum absolute atomic E-state index is 12.6. The number of benzene rings is 1. The van der Waals surface area contributed by atoms with Crippen molar-refractivity contribution < 1.29 is 9.59 Å². The van der Waals surface area contributed by atoms with E-state index in [-0.39, 0.29) is 17.7 Å². The van der Waals surface area contributed by atoms with Crippen LogP contribution in [0.3, 0.4) is 0 Å². The second kappa shape index (κ2) is 8.67. The van der Waals surface area contributed by atoms with Gasteiger partial charge in [-0.3, -0.25) is 9.59 Å². The maximum atomic E-state index is 12.6. The van der Waals surface area contributed by atoms with Gasteiger partial charge >= 0.3 is 0 Å². The fourth-order valence-electron chi connectivity index (χ4n) is 3.36. The standard InChI is InChI=1S/C21H21N3O2S2/c25-19(16-8-4-10-24(13-16)21(26)18-9-5-11-27-18)22-12-17-14-28-20(23-17)15-6-2-1-3-7-15/h1-3,5-7,9,11,14,16H,4,8,10,12-13H2,(H,22,25)/t16-/m1/s1. The molecular weight excluding hydrogens is 390 g/mol. The van der Waals surface area contributed by atoms with E-state index in [1.54, 1.807) is 16.2 Å². The first-order chi connectivity index (χ1) is 13.7. The zero-order chi connectivity index (χ0) is 19.3. The number of aromatic nitrogens is 1. The second-order valence-electron chi connectivity index (χ2n) is 6.80. The van der Waals surface area contributed by atoms with Crippen molar-refractivity contribution in [2.75, 3.05) is 13.1 Å². The summed E-state index contributed by atoms with van der Waals surface area (Å²) in [5, 5.41) is 7.84. The van der Waals surface area contributed by atoms with Crippen molar-refractivity contribution in [3.05, 3.63) is 63.8 Å². The SMILES string of the molecule is O=C(NCc1csc(-c2ccccc2)n1)[C@@H]1CCCN(C(=O)c2cccs2)C1. The van der Waals surface area contributed by atoms with Crippen LogP contribution in [0, 0.1) is 5.92 Å². The highest BCUT2D eigenvalue weighted by atomic mass is 32.1.